The zero-order valence-electron chi connectivity index (χ0n) is 10.2. The Bertz CT molecular complexity index is 333. The van der Waals surface area contributed by atoms with E-state index in [2.05, 4.69) is 48.3 Å². The molecule has 1 aromatic carbocycles. The average Bonchev–Trinajstić information content (AvgIpc) is 3.08. The van der Waals surface area contributed by atoms with Crippen LogP contribution in [0, 0.1) is 12.8 Å². The standard InChI is InChI=1S/C14H21NS/c1-11-4-3-5-13(10-11)16-14(8-9-15-2)12-6-7-12/h3-5,10,12,14-15H,6-9H2,1-2H3. The molecule has 0 radical (unpaired) electrons. The monoisotopic (exact) mass is 235 g/mol. The maximum atomic E-state index is 3.26. The number of aryl methyl sites for hydroxylation is 1. The molecule has 2 rings (SSSR count). The fourth-order valence-electron chi connectivity index (χ4n) is 2.01. The molecule has 0 aromatic heterocycles. The first-order chi connectivity index (χ1) is 7.79. The summed E-state index contributed by atoms with van der Waals surface area (Å²) >= 11 is 2.07. The lowest BCUT2D eigenvalue weighted by Gasteiger charge is -2.15. The molecule has 1 aromatic rings. The summed E-state index contributed by atoms with van der Waals surface area (Å²) in [6.45, 7) is 3.31. The van der Waals surface area contributed by atoms with E-state index in [1.54, 1.807) is 0 Å². The van der Waals surface area contributed by atoms with E-state index in [9.17, 15) is 0 Å². The summed E-state index contributed by atoms with van der Waals surface area (Å²) in [6, 6.07) is 8.88. The Morgan fingerprint density at radius 1 is 1.44 bits per heavy atom. The van der Waals surface area contributed by atoms with E-state index in [1.807, 2.05) is 7.05 Å². The van der Waals surface area contributed by atoms with Crippen molar-refractivity contribution in [2.75, 3.05) is 13.6 Å². The molecule has 0 saturated heterocycles. The van der Waals surface area contributed by atoms with Crippen molar-refractivity contribution in [1.29, 1.82) is 0 Å². The van der Waals surface area contributed by atoms with Gasteiger partial charge in [-0.2, -0.15) is 0 Å². The van der Waals surface area contributed by atoms with E-state index in [0.29, 0.717) is 0 Å². The first kappa shape index (κ1) is 12.0. The molecule has 1 N–H and O–H groups in total. The van der Waals surface area contributed by atoms with Crippen LogP contribution >= 0.6 is 11.8 Å². The van der Waals surface area contributed by atoms with E-state index in [-0.39, 0.29) is 0 Å². The molecular weight excluding hydrogens is 214 g/mol. The van der Waals surface area contributed by atoms with Crippen LogP contribution in [0.4, 0.5) is 0 Å². The number of nitrogens with one attached hydrogen (secondary N) is 1. The normalized spacial score (nSPS) is 17.4. The van der Waals surface area contributed by atoms with Crippen LogP contribution in [0.15, 0.2) is 29.2 Å². The summed E-state index contributed by atoms with van der Waals surface area (Å²) in [6.07, 6.45) is 4.17. The minimum Gasteiger partial charge on any atom is -0.320 e. The second-order valence-corrected chi connectivity index (χ2v) is 6.02. The molecule has 0 bridgehead atoms. The van der Waals surface area contributed by atoms with Crippen molar-refractivity contribution in [2.24, 2.45) is 5.92 Å². The van der Waals surface area contributed by atoms with E-state index < -0.39 is 0 Å². The lowest BCUT2D eigenvalue weighted by Crippen LogP contribution is -2.16. The van der Waals surface area contributed by atoms with Gasteiger partial charge in [-0.25, -0.2) is 0 Å². The Morgan fingerprint density at radius 2 is 2.25 bits per heavy atom. The van der Waals surface area contributed by atoms with Crippen LogP contribution < -0.4 is 5.32 Å². The molecule has 88 valence electrons. The zero-order chi connectivity index (χ0) is 11.4. The lowest BCUT2D eigenvalue weighted by molar-refractivity contribution is 0.646. The summed E-state index contributed by atoms with van der Waals surface area (Å²) in [5.74, 6) is 0.971. The van der Waals surface area contributed by atoms with Crippen molar-refractivity contribution >= 4 is 11.8 Å². The topological polar surface area (TPSA) is 12.0 Å². The lowest BCUT2D eigenvalue weighted by atomic mass is 10.2. The first-order valence-electron chi connectivity index (χ1n) is 6.17. The van der Waals surface area contributed by atoms with Crippen LogP contribution in [0.2, 0.25) is 0 Å². The Balaban J connectivity index is 1.94. The Morgan fingerprint density at radius 3 is 2.88 bits per heavy atom. The Labute approximate surface area is 103 Å². The van der Waals surface area contributed by atoms with Crippen molar-refractivity contribution in [2.45, 2.75) is 36.3 Å². The second kappa shape index (κ2) is 5.74. The molecule has 0 heterocycles. The van der Waals surface area contributed by atoms with Crippen molar-refractivity contribution < 1.29 is 0 Å². The molecule has 1 aliphatic rings. The fraction of sp³-hybridized carbons (Fsp3) is 0.571. The van der Waals surface area contributed by atoms with Crippen LogP contribution in [0.5, 0.6) is 0 Å². The maximum Gasteiger partial charge on any atom is 0.0135 e. The number of thioether (sulfide) groups is 1. The molecule has 1 saturated carbocycles. The molecule has 1 aliphatic carbocycles. The zero-order valence-corrected chi connectivity index (χ0v) is 11.0. The summed E-state index contributed by atoms with van der Waals surface area (Å²) < 4.78 is 0. The minimum absolute atomic E-state index is 0.814. The molecule has 2 heteroatoms. The molecule has 1 fully saturated rings. The van der Waals surface area contributed by atoms with Gasteiger partial charge in [0.05, 0.1) is 0 Å². The summed E-state index contributed by atoms with van der Waals surface area (Å²) in [5, 5.41) is 4.08. The summed E-state index contributed by atoms with van der Waals surface area (Å²) in [4.78, 5) is 1.44. The average molecular weight is 235 g/mol. The highest BCUT2D eigenvalue weighted by molar-refractivity contribution is 8.00. The third-order valence-electron chi connectivity index (χ3n) is 3.10. The summed E-state index contributed by atoms with van der Waals surface area (Å²) in [7, 11) is 2.04. The molecule has 0 amide bonds. The van der Waals surface area contributed by atoms with Gasteiger partial charge < -0.3 is 5.32 Å². The van der Waals surface area contributed by atoms with Gasteiger partial charge in [0.25, 0.3) is 0 Å². The largest absolute Gasteiger partial charge is 0.320 e. The number of rotatable bonds is 6. The van der Waals surface area contributed by atoms with Crippen molar-refractivity contribution in [1.82, 2.24) is 5.32 Å². The third kappa shape index (κ3) is 3.53. The number of hydrogen-bond donors (Lipinski definition) is 1. The van der Waals surface area contributed by atoms with Gasteiger partial charge in [0.15, 0.2) is 0 Å². The second-order valence-electron chi connectivity index (χ2n) is 4.70. The predicted octanol–water partition coefficient (Wildman–Crippen LogP) is 3.48. The van der Waals surface area contributed by atoms with Crippen molar-refractivity contribution in [3.63, 3.8) is 0 Å². The van der Waals surface area contributed by atoms with Gasteiger partial charge in [-0.05, 0) is 57.8 Å². The number of hydrogen-bond acceptors (Lipinski definition) is 2. The molecule has 0 spiro atoms. The van der Waals surface area contributed by atoms with Gasteiger partial charge in [0.1, 0.15) is 0 Å². The van der Waals surface area contributed by atoms with Crippen LogP contribution in [0.1, 0.15) is 24.8 Å². The molecule has 1 nitrogen and oxygen atoms in total. The van der Waals surface area contributed by atoms with Gasteiger partial charge in [-0.15, -0.1) is 11.8 Å². The van der Waals surface area contributed by atoms with Crippen LogP contribution in [-0.2, 0) is 0 Å². The van der Waals surface area contributed by atoms with Gasteiger partial charge >= 0.3 is 0 Å². The Kier molecular flexibility index (Phi) is 4.30. The maximum absolute atomic E-state index is 3.26. The quantitative estimate of drug-likeness (QED) is 0.758. The third-order valence-corrected chi connectivity index (χ3v) is 4.55. The number of benzene rings is 1. The molecule has 1 atom stereocenters. The van der Waals surface area contributed by atoms with Gasteiger partial charge in [0.2, 0.25) is 0 Å². The molecule has 16 heavy (non-hydrogen) atoms. The van der Waals surface area contributed by atoms with E-state index >= 15 is 0 Å². The van der Waals surface area contributed by atoms with Crippen molar-refractivity contribution in [3.8, 4) is 0 Å². The van der Waals surface area contributed by atoms with E-state index in [0.717, 1.165) is 17.7 Å². The molecular formula is C14H21NS. The van der Waals surface area contributed by atoms with Crippen LogP contribution in [-0.4, -0.2) is 18.8 Å². The van der Waals surface area contributed by atoms with Crippen LogP contribution in [0.3, 0.4) is 0 Å². The predicted molar refractivity (Wildman–Crippen MR) is 72.1 cm³/mol. The molecule has 1 unspecified atom stereocenters. The van der Waals surface area contributed by atoms with E-state index in [4.69, 9.17) is 0 Å². The van der Waals surface area contributed by atoms with Gasteiger partial charge in [0, 0.05) is 10.1 Å². The van der Waals surface area contributed by atoms with Crippen LogP contribution in [0.25, 0.3) is 0 Å². The van der Waals surface area contributed by atoms with Gasteiger partial charge in [-0.3, -0.25) is 0 Å². The van der Waals surface area contributed by atoms with E-state index in [1.165, 1.54) is 29.7 Å². The first-order valence-corrected chi connectivity index (χ1v) is 7.05. The minimum atomic E-state index is 0.814. The van der Waals surface area contributed by atoms with Gasteiger partial charge in [-0.1, -0.05) is 17.7 Å². The highest BCUT2D eigenvalue weighted by atomic mass is 32.2. The fourth-order valence-corrected chi connectivity index (χ4v) is 3.47. The highest BCUT2D eigenvalue weighted by Crippen LogP contribution is 2.43. The van der Waals surface area contributed by atoms with Crippen molar-refractivity contribution in [3.05, 3.63) is 29.8 Å². The Hall–Kier alpha value is -0.470. The molecule has 0 aliphatic heterocycles. The highest BCUT2D eigenvalue weighted by Gasteiger charge is 2.31. The smallest absolute Gasteiger partial charge is 0.0135 e. The summed E-state index contributed by atoms with van der Waals surface area (Å²) in [5.41, 5.74) is 1.37. The SMILES string of the molecule is CNCCC(Sc1cccc(C)c1)C1CC1.